The molecule has 0 radical (unpaired) electrons. The molecule has 0 rings (SSSR count). The molecule has 1 N–H and O–H groups in total. The van der Waals surface area contributed by atoms with E-state index >= 15 is 0 Å². The van der Waals surface area contributed by atoms with Gasteiger partial charge in [-0.25, -0.2) is 0 Å². The van der Waals surface area contributed by atoms with Gasteiger partial charge in [0.2, 0.25) is 0 Å². The highest BCUT2D eigenvalue weighted by Crippen LogP contribution is 1.95. The second kappa shape index (κ2) is 31.2. The number of rotatable bonds is 3. The van der Waals surface area contributed by atoms with Crippen LogP contribution in [-0.4, -0.2) is 14.1 Å². The van der Waals surface area contributed by atoms with Crippen molar-refractivity contribution in [2.45, 2.75) is 39.5 Å². The fraction of sp³-hybridized carbons (Fsp3) is 1.00. The lowest BCUT2D eigenvalue weighted by molar-refractivity contribution is 0.702. The molecule has 0 aliphatic carbocycles. The standard InChI is InChI=1S/C6H14.C2H7N.ClH.H2S/c1-3-5-6-4-2;1-3-2;;/h3-6H2,1-2H3;3H,1-2H3;1H;1H2. The molecule has 0 spiro atoms. The monoisotopic (exact) mass is 201 g/mol. The van der Waals surface area contributed by atoms with Crippen LogP contribution in [0.15, 0.2) is 0 Å². The van der Waals surface area contributed by atoms with Gasteiger partial charge in [0.1, 0.15) is 0 Å². The first kappa shape index (κ1) is 22.6. The minimum Gasteiger partial charge on any atom is -0.323 e. The zero-order valence-corrected chi connectivity index (χ0v) is 10.1. The molecule has 74 valence electrons. The number of halogens is 1. The van der Waals surface area contributed by atoms with Crippen LogP contribution in [0.4, 0.5) is 0 Å². The van der Waals surface area contributed by atoms with Crippen molar-refractivity contribution >= 4 is 25.9 Å². The lowest BCUT2D eigenvalue weighted by Gasteiger charge is -1.86. The van der Waals surface area contributed by atoms with Crippen molar-refractivity contribution in [3.05, 3.63) is 0 Å². The lowest BCUT2D eigenvalue weighted by Crippen LogP contribution is -1.89. The molecule has 0 saturated heterocycles. The normalized spacial score (nSPS) is 6.55. The Balaban J connectivity index is -0.0000000437. The Bertz CT molecular complexity index is 33.3. The first-order chi connectivity index (χ1) is 4.33. The van der Waals surface area contributed by atoms with Crippen LogP contribution in [0.25, 0.3) is 0 Å². The molecule has 1 nitrogen and oxygen atoms in total. The van der Waals surface area contributed by atoms with Crippen molar-refractivity contribution < 1.29 is 0 Å². The van der Waals surface area contributed by atoms with Crippen molar-refractivity contribution in [3.63, 3.8) is 0 Å². The van der Waals surface area contributed by atoms with Crippen LogP contribution >= 0.6 is 25.9 Å². The van der Waals surface area contributed by atoms with E-state index in [9.17, 15) is 0 Å². The molecule has 0 aromatic heterocycles. The van der Waals surface area contributed by atoms with Crippen molar-refractivity contribution in [1.29, 1.82) is 0 Å². The lowest BCUT2D eigenvalue weighted by atomic mass is 10.2. The van der Waals surface area contributed by atoms with Gasteiger partial charge in [0.05, 0.1) is 0 Å². The van der Waals surface area contributed by atoms with E-state index in [2.05, 4.69) is 19.2 Å². The Morgan fingerprint density at radius 1 is 0.909 bits per heavy atom. The Labute approximate surface area is 85.2 Å². The first-order valence-corrected chi connectivity index (χ1v) is 3.91. The van der Waals surface area contributed by atoms with E-state index < -0.39 is 0 Å². The third kappa shape index (κ3) is 60.5. The molecule has 0 aromatic rings. The molecule has 0 amide bonds. The molecule has 0 heterocycles. The molecule has 3 heteroatoms. The van der Waals surface area contributed by atoms with E-state index in [-0.39, 0.29) is 25.9 Å². The Kier molecular flexibility index (Phi) is 63.9. The largest absolute Gasteiger partial charge is 0.323 e. The highest BCUT2D eigenvalue weighted by molar-refractivity contribution is 7.59. The smallest absolute Gasteiger partial charge is 0.0167 e. The summed E-state index contributed by atoms with van der Waals surface area (Å²) in [7, 11) is 3.75. The van der Waals surface area contributed by atoms with E-state index in [1.807, 2.05) is 14.1 Å². The van der Waals surface area contributed by atoms with E-state index in [1.165, 1.54) is 25.7 Å². The van der Waals surface area contributed by atoms with Gasteiger partial charge in [-0.2, -0.15) is 13.5 Å². The molecule has 0 atom stereocenters. The topological polar surface area (TPSA) is 12.0 Å². The van der Waals surface area contributed by atoms with Crippen molar-refractivity contribution in [3.8, 4) is 0 Å². The van der Waals surface area contributed by atoms with Crippen molar-refractivity contribution in [1.82, 2.24) is 5.32 Å². The van der Waals surface area contributed by atoms with Crippen molar-refractivity contribution in [2.75, 3.05) is 14.1 Å². The summed E-state index contributed by atoms with van der Waals surface area (Å²) < 4.78 is 0. The summed E-state index contributed by atoms with van der Waals surface area (Å²) in [6.07, 6.45) is 5.54. The average molecular weight is 202 g/mol. The van der Waals surface area contributed by atoms with Crippen molar-refractivity contribution in [2.24, 2.45) is 0 Å². The Morgan fingerprint density at radius 3 is 1.18 bits per heavy atom. The summed E-state index contributed by atoms with van der Waals surface area (Å²) in [5.74, 6) is 0. The van der Waals surface area contributed by atoms with E-state index in [1.54, 1.807) is 0 Å². The highest BCUT2D eigenvalue weighted by Gasteiger charge is 1.75. The van der Waals surface area contributed by atoms with Gasteiger partial charge in [0, 0.05) is 0 Å². The number of hydrogen-bond acceptors (Lipinski definition) is 1. The predicted molar refractivity (Wildman–Crippen MR) is 62.4 cm³/mol. The molecule has 0 aliphatic rings. The summed E-state index contributed by atoms with van der Waals surface area (Å²) in [5.41, 5.74) is 0. The van der Waals surface area contributed by atoms with E-state index in [0.29, 0.717) is 0 Å². The SMILES string of the molecule is CCCCCC.CNC.Cl.S. The fourth-order valence-electron chi connectivity index (χ4n) is 0.500. The highest BCUT2D eigenvalue weighted by atomic mass is 35.5. The summed E-state index contributed by atoms with van der Waals surface area (Å²) >= 11 is 0. The Morgan fingerprint density at radius 2 is 1.09 bits per heavy atom. The summed E-state index contributed by atoms with van der Waals surface area (Å²) in [6, 6.07) is 0. The Hall–Kier alpha value is 0.600. The van der Waals surface area contributed by atoms with Gasteiger partial charge < -0.3 is 5.32 Å². The maximum Gasteiger partial charge on any atom is -0.0167 e. The van der Waals surface area contributed by atoms with Crippen LogP contribution in [0, 0.1) is 0 Å². The molecule has 0 saturated carbocycles. The number of unbranched alkanes of at least 4 members (excludes halogenated alkanes) is 3. The van der Waals surface area contributed by atoms with Gasteiger partial charge >= 0.3 is 0 Å². The van der Waals surface area contributed by atoms with E-state index in [0.717, 1.165) is 0 Å². The average Bonchev–Trinajstić information content (AvgIpc) is 1.86. The van der Waals surface area contributed by atoms with Crippen LogP contribution in [-0.2, 0) is 0 Å². The van der Waals surface area contributed by atoms with Crippen LogP contribution < -0.4 is 5.32 Å². The molecule has 0 fully saturated rings. The third-order valence-electron chi connectivity index (χ3n) is 0.957. The second-order valence-electron chi connectivity index (χ2n) is 2.21. The van der Waals surface area contributed by atoms with E-state index in [4.69, 9.17) is 0 Å². The first-order valence-electron chi connectivity index (χ1n) is 3.91. The minimum atomic E-state index is 0. The molecule has 0 bridgehead atoms. The molecular weight excluding hydrogens is 178 g/mol. The minimum absolute atomic E-state index is 0. The summed E-state index contributed by atoms with van der Waals surface area (Å²) in [5, 5.41) is 2.75. The van der Waals surface area contributed by atoms with Gasteiger partial charge in [-0.1, -0.05) is 39.5 Å². The maximum absolute atomic E-state index is 2.75. The predicted octanol–water partition coefficient (Wildman–Crippen LogP) is 2.96. The molecule has 11 heavy (non-hydrogen) atoms. The van der Waals surface area contributed by atoms with Gasteiger partial charge in [-0.3, -0.25) is 0 Å². The summed E-state index contributed by atoms with van der Waals surface area (Å²) in [6.45, 7) is 4.46. The summed E-state index contributed by atoms with van der Waals surface area (Å²) in [4.78, 5) is 0. The van der Waals surface area contributed by atoms with Crippen LogP contribution in [0.1, 0.15) is 39.5 Å². The quantitative estimate of drug-likeness (QED) is 0.693. The molecule has 0 aliphatic heterocycles. The van der Waals surface area contributed by atoms with Gasteiger partial charge in [-0.05, 0) is 14.1 Å². The van der Waals surface area contributed by atoms with Crippen LogP contribution in [0.5, 0.6) is 0 Å². The van der Waals surface area contributed by atoms with Crippen LogP contribution in [0.2, 0.25) is 0 Å². The van der Waals surface area contributed by atoms with Crippen LogP contribution in [0.3, 0.4) is 0 Å². The molecule has 0 unspecified atom stereocenters. The second-order valence-corrected chi connectivity index (χ2v) is 2.21. The zero-order valence-electron chi connectivity index (χ0n) is 8.24. The fourth-order valence-corrected chi connectivity index (χ4v) is 0.500. The molecular formula is C8H24ClNS. The number of nitrogens with one attached hydrogen (secondary N) is 1. The zero-order chi connectivity index (χ0) is 7.54. The maximum atomic E-state index is 2.75. The molecule has 0 aromatic carbocycles. The van der Waals surface area contributed by atoms with Gasteiger partial charge in [0.25, 0.3) is 0 Å². The van der Waals surface area contributed by atoms with Gasteiger partial charge in [0.15, 0.2) is 0 Å². The third-order valence-corrected chi connectivity index (χ3v) is 0.957. The number of hydrogen-bond donors (Lipinski definition) is 1. The van der Waals surface area contributed by atoms with Gasteiger partial charge in [-0.15, -0.1) is 12.4 Å².